The van der Waals surface area contributed by atoms with Crippen LogP contribution in [0.2, 0.25) is 0 Å². The summed E-state index contributed by atoms with van der Waals surface area (Å²) in [6, 6.07) is 3.89. The molecule has 0 radical (unpaired) electrons. The Bertz CT molecular complexity index is 263. The van der Waals surface area contributed by atoms with E-state index in [1.807, 2.05) is 12.1 Å². The predicted octanol–water partition coefficient (Wildman–Crippen LogP) is 1.92. The summed E-state index contributed by atoms with van der Waals surface area (Å²) in [5.74, 6) is 1.72. The van der Waals surface area contributed by atoms with Gasteiger partial charge in [-0.25, -0.2) is 0 Å². The van der Waals surface area contributed by atoms with Gasteiger partial charge < -0.3 is 14.8 Å². The Kier molecular flexibility index (Phi) is 3.80. The second kappa shape index (κ2) is 5.33. The van der Waals surface area contributed by atoms with E-state index in [1.165, 1.54) is 0 Å². The van der Waals surface area contributed by atoms with Crippen LogP contribution in [0.4, 0.5) is 0 Å². The van der Waals surface area contributed by atoms with Crippen LogP contribution in [0.15, 0.2) is 22.8 Å². The van der Waals surface area contributed by atoms with E-state index in [0.717, 1.165) is 50.5 Å². The van der Waals surface area contributed by atoms with Crippen molar-refractivity contribution in [1.29, 1.82) is 0 Å². The fourth-order valence-electron chi connectivity index (χ4n) is 2.16. The Morgan fingerprint density at radius 3 is 2.80 bits per heavy atom. The summed E-state index contributed by atoms with van der Waals surface area (Å²) in [7, 11) is 0. The fourth-order valence-corrected chi connectivity index (χ4v) is 2.16. The van der Waals surface area contributed by atoms with Gasteiger partial charge in [-0.1, -0.05) is 0 Å². The van der Waals surface area contributed by atoms with Crippen molar-refractivity contribution in [2.45, 2.75) is 38.3 Å². The van der Waals surface area contributed by atoms with E-state index in [2.05, 4.69) is 5.32 Å². The van der Waals surface area contributed by atoms with Crippen molar-refractivity contribution in [3.8, 4) is 0 Å². The molecule has 1 aromatic rings. The number of hydrogen-bond donors (Lipinski definition) is 2. The summed E-state index contributed by atoms with van der Waals surface area (Å²) in [6.07, 6.45) is 5.87. The van der Waals surface area contributed by atoms with Gasteiger partial charge in [-0.15, -0.1) is 0 Å². The molecule has 1 saturated carbocycles. The molecule has 15 heavy (non-hydrogen) atoms. The lowest BCUT2D eigenvalue weighted by Crippen LogP contribution is -2.27. The minimum atomic E-state index is -0.0497. The molecule has 3 heteroatoms. The third kappa shape index (κ3) is 3.36. The highest BCUT2D eigenvalue weighted by Gasteiger charge is 2.18. The van der Waals surface area contributed by atoms with Crippen LogP contribution in [0.5, 0.6) is 0 Å². The van der Waals surface area contributed by atoms with Crippen LogP contribution in [0, 0.1) is 5.92 Å². The van der Waals surface area contributed by atoms with Crippen molar-refractivity contribution in [2.24, 2.45) is 5.92 Å². The average molecular weight is 209 g/mol. The van der Waals surface area contributed by atoms with Gasteiger partial charge in [-0.05, 0) is 50.3 Å². The number of aliphatic hydroxyl groups excluding tert-OH is 1. The number of furan rings is 1. The zero-order chi connectivity index (χ0) is 10.5. The van der Waals surface area contributed by atoms with Crippen molar-refractivity contribution in [2.75, 3.05) is 6.54 Å². The normalized spacial score (nSPS) is 26.7. The molecule has 0 saturated heterocycles. The van der Waals surface area contributed by atoms with Crippen LogP contribution < -0.4 is 5.32 Å². The van der Waals surface area contributed by atoms with Gasteiger partial charge in [0.1, 0.15) is 5.76 Å². The summed E-state index contributed by atoms with van der Waals surface area (Å²) >= 11 is 0. The van der Waals surface area contributed by atoms with E-state index in [0.29, 0.717) is 0 Å². The van der Waals surface area contributed by atoms with E-state index >= 15 is 0 Å². The second-order valence-electron chi connectivity index (χ2n) is 4.38. The van der Waals surface area contributed by atoms with E-state index < -0.39 is 0 Å². The van der Waals surface area contributed by atoms with Gasteiger partial charge in [-0.2, -0.15) is 0 Å². The van der Waals surface area contributed by atoms with Crippen molar-refractivity contribution >= 4 is 0 Å². The van der Waals surface area contributed by atoms with E-state index in [9.17, 15) is 5.11 Å². The topological polar surface area (TPSA) is 45.4 Å². The first kappa shape index (κ1) is 10.7. The molecule has 3 nitrogen and oxygen atoms in total. The Morgan fingerprint density at radius 1 is 1.33 bits per heavy atom. The molecular formula is C12H19NO2. The number of aliphatic hydroxyl groups is 1. The maximum Gasteiger partial charge on any atom is 0.117 e. The predicted molar refractivity (Wildman–Crippen MR) is 58.4 cm³/mol. The van der Waals surface area contributed by atoms with Gasteiger partial charge in [0, 0.05) is 0 Å². The Hall–Kier alpha value is -0.800. The minimum Gasteiger partial charge on any atom is -0.468 e. The van der Waals surface area contributed by atoms with Gasteiger partial charge in [-0.3, -0.25) is 0 Å². The molecule has 0 spiro atoms. The first-order valence-corrected chi connectivity index (χ1v) is 5.76. The molecule has 1 aliphatic rings. The minimum absolute atomic E-state index is 0.0497. The molecule has 84 valence electrons. The number of rotatable bonds is 4. The maximum absolute atomic E-state index is 9.37. The highest BCUT2D eigenvalue weighted by Crippen LogP contribution is 2.23. The Morgan fingerprint density at radius 2 is 2.13 bits per heavy atom. The lowest BCUT2D eigenvalue weighted by Gasteiger charge is -2.25. The second-order valence-corrected chi connectivity index (χ2v) is 4.38. The van der Waals surface area contributed by atoms with Crippen LogP contribution in [-0.4, -0.2) is 17.8 Å². The highest BCUT2D eigenvalue weighted by atomic mass is 16.3. The van der Waals surface area contributed by atoms with Gasteiger partial charge >= 0.3 is 0 Å². The third-order valence-electron chi connectivity index (χ3n) is 3.13. The standard InChI is InChI=1S/C12H19NO2/c14-11-5-3-10(4-6-11)8-13-9-12-2-1-7-15-12/h1-2,7,10-11,13-14H,3-6,8-9H2. The first-order valence-electron chi connectivity index (χ1n) is 5.76. The first-order chi connectivity index (χ1) is 7.34. The monoisotopic (exact) mass is 209 g/mol. The fraction of sp³-hybridized carbons (Fsp3) is 0.667. The summed E-state index contributed by atoms with van der Waals surface area (Å²) in [5, 5.41) is 12.8. The van der Waals surface area contributed by atoms with Crippen molar-refractivity contribution in [3.05, 3.63) is 24.2 Å². The van der Waals surface area contributed by atoms with Crippen molar-refractivity contribution in [1.82, 2.24) is 5.32 Å². The van der Waals surface area contributed by atoms with Crippen molar-refractivity contribution < 1.29 is 9.52 Å². The smallest absolute Gasteiger partial charge is 0.117 e. The summed E-state index contributed by atoms with van der Waals surface area (Å²) in [5.41, 5.74) is 0. The molecule has 0 unspecified atom stereocenters. The molecule has 2 N–H and O–H groups in total. The Balaban J connectivity index is 1.62. The number of hydrogen-bond acceptors (Lipinski definition) is 3. The largest absolute Gasteiger partial charge is 0.468 e. The molecule has 1 aliphatic carbocycles. The molecular weight excluding hydrogens is 190 g/mol. The van der Waals surface area contributed by atoms with E-state index in [4.69, 9.17) is 4.42 Å². The van der Waals surface area contributed by atoms with Crippen LogP contribution in [-0.2, 0) is 6.54 Å². The summed E-state index contributed by atoms with van der Waals surface area (Å²) < 4.78 is 5.24. The molecule has 1 aromatic heterocycles. The van der Waals surface area contributed by atoms with Gasteiger partial charge in [0.15, 0.2) is 0 Å². The molecule has 0 aromatic carbocycles. The molecule has 1 heterocycles. The highest BCUT2D eigenvalue weighted by molar-refractivity contribution is 4.97. The lowest BCUT2D eigenvalue weighted by atomic mass is 9.87. The zero-order valence-electron chi connectivity index (χ0n) is 8.98. The average Bonchev–Trinajstić information content (AvgIpc) is 2.74. The lowest BCUT2D eigenvalue weighted by molar-refractivity contribution is 0.108. The van der Waals surface area contributed by atoms with Crippen LogP contribution in [0.3, 0.4) is 0 Å². The zero-order valence-corrected chi connectivity index (χ0v) is 8.98. The molecule has 2 rings (SSSR count). The summed E-state index contributed by atoms with van der Waals surface area (Å²) in [6.45, 7) is 1.85. The van der Waals surface area contributed by atoms with Gasteiger partial charge in [0.2, 0.25) is 0 Å². The molecule has 0 bridgehead atoms. The quantitative estimate of drug-likeness (QED) is 0.796. The SMILES string of the molecule is OC1CCC(CNCc2ccco2)CC1. The van der Waals surface area contributed by atoms with Crippen LogP contribution in [0.25, 0.3) is 0 Å². The maximum atomic E-state index is 9.37. The summed E-state index contributed by atoms with van der Waals surface area (Å²) in [4.78, 5) is 0. The Labute approximate surface area is 90.5 Å². The van der Waals surface area contributed by atoms with Crippen LogP contribution >= 0.6 is 0 Å². The number of nitrogens with one attached hydrogen (secondary N) is 1. The third-order valence-corrected chi connectivity index (χ3v) is 3.13. The van der Waals surface area contributed by atoms with Gasteiger partial charge in [0.05, 0.1) is 18.9 Å². The van der Waals surface area contributed by atoms with Gasteiger partial charge in [0.25, 0.3) is 0 Å². The molecule has 1 fully saturated rings. The van der Waals surface area contributed by atoms with Crippen LogP contribution in [0.1, 0.15) is 31.4 Å². The molecule has 0 atom stereocenters. The molecule has 0 amide bonds. The van der Waals surface area contributed by atoms with E-state index in [1.54, 1.807) is 6.26 Å². The van der Waals surface area contributed by atoms with Crippen molar-refractivity contribution in [3.63, 3.8) is 0 Å². The van der Waals surface area contributed by atoms with E-state index in [-0.39, 0.29) is 6.10 Å². The molecule has 0 aliphatic heterocycles.